The minimum atomic E-state index is 0.661. The number of fused-ring (bicyclic) bond motifs is 1. The molecule has 3 nitrogen and oxygen atoms in total. The Labute approximate surface area is 124 Å². The van der Waals surface area contributed by atoms with Gasteiger partial charge in [-0.2, -0.15) is 5.10 Å². The van der Waals surface area contributed by atoms with Crippen LogP contribution in [0, 0.1) is 4.77 Å². The number of aromatic nitrogens is 3. The summed E-state index contributed by atoms with van der Waals surface area (Å²) in [7, 11) is 0. The molecular formula is C14H12BrN3S. The van der Waals surface area contributed by atoms with E-state index < -0.39 is 0 Å². The maximum atomic E-state index is 5.22. The molecule has 1 aromatic heterocycles. The third kappa shape index (κ3) is 2.24. The molecule has 0 saturated carbocycles. The maximum absolute atomic E-state index is 5.22. The summed E-state index contributed by atoms with van der Waals surface area (Å²) in [5.41, 5.74) is 1.07. The zero-order valence-electron chi connectivity index (χ0n) is 10.4. The summed E-state index contributed by atoms with van der Waals surface area (Å²) in [6.07, 6.45) is 0. The lowest BCUT2D eigenvalue weighted by atomic mass is 10.1. The van der Waals surface area contributed by atoms with Crippen molar-refractivity contribution in [2.75, 3.05) is 0 Å². The summed E-state index contributed by atoms with van der Waals surface area (Å²) in [6, 6.07) is 12.6. The average Bonchev–Trinajstić information content (AvgIpc) is 2.79. The van der Waals surface area contributed by atoms with Crippen LogP contribution in [-0.2, 0) is 6.54 Å². The standard InChI is InChI=1S/C14H12BrN3S/c1-2-18-13(16-17-14(18)19)11-4-3-10-8-12(15)6-5-9(10)7-11/h3-8H,2H2,1H3,(H,17,19). The van der Waals surface area contributed by atoms with Gasteiger partial charge in [-0.25, -0.2) is 0 Å². The molecule has 3 aromatic rings. The molecule has 5 heteroatoms. The molecule has 0 unspecified atom stereocenters. The number of H-pyrrole nitrogens is 1. The molecule has 0 aliphatic rings. The first-order valence-corrected chi connectivity index (χ1v) is 7.24. The molecule has 2 aromatic carbocycles. The molecule has 1 heterocycles. The fraction of sp³-hybridized carbons (Fsp3) is 0.143. The minimum Gasteiger partial charge on any atom is -0.300 e. The van der Waals surface area contributed by atoms with E-state index in [-0.39, 0.29) is 0 Å². The second kappa shape index (κ2) is 4.90. The predicted octanol–water partition coefficient (Wildman–Crippen LogP) is 4.54. The molecule has 19 heavy (non-hydrogen) atoms. The van der Waals surface area contributed by atoms with E-state index in [0.29, 0.717) is 4.77 Å². The number of nitrogens with zero attached hydrogens (tertiary/aromatic N) is 2. The van der Waals surface area contributed by atoms with Crippen molar-refractivity contribution in [3.63, 3.8) is 0 Å². The van der Waals surface area contributed by atoms with Crippen LogP contribution in [0.2, 0.25) is 0 Å². The van der Waals surface area contributed by atoms with Crippen LogP contribution in [0.1, 0.15) is 6.92 Å². The van der Waals surface area contributed by atoms with E-state index in [1.165, 1.54) is 10.8 Å². The Hall–Kier alpha value is -1.46. The van der Waals surface area contributed by atoms with Gasteiger partial charge in [-0.1, -0.05) is 34.1 Å². The molecule has 0 bridgehead atoms. The van der Waals surface area contributed by atoms with Crippen LogP contribution in [-0.4, -0.2) is 14.8 Å². The van der Waals surface area contributed by atoms with Gasteiger partial charge < -0.3 is 4.57 Å². The Morgan fingerprint density at radius 1 is 1.21 bits per heavy atom. The normalized spacial score (nSPS) is 11.1. The molecule has 0 radical (unpaired) electrons. The molecule has 0 atom stereocenters. The lowest BCUT2D eigenvalue weighted by Crippen LogP contribution is -1.97. The Balaban J connectivity index is 2.20. The smallest absolute Gasteiger partial charge is 0.195 e. The molecular weight excluding hydrogens is 322 g/mol. The highest BCUT2D eigenvalue weighted by Gasteiger charge is 2.08. The topological polar surface area (TPSA) is 33.6 Å². The van der Waals surface area contributed by atoms with E-state index in [9.17, 15) is 0 Å². The third-order valence-corrected chi connectivity index (χ3v) is 3.94. The molecule has 3 rings (SSSR count). The summed E-state index contributed by atoms with van der Waals surface area (Å²) in [6.45, 7) is 2.87. The van der Waals surface area contributed by atoms with E-state index in [2.05, 4.69) is 63.4 Å². The van der Waals surface area contributed by atoms with Crippen LogP contribution in [0.5, 0.6) is 0 Å². The van der Waals surface area contributed by atoms with Crippen molar-refractivity contribution < 1.29 is 0 Å². The Morgan fingerprint density at radius 3 is 2.74 bits per heavy atom. The van der Waals surface area contributed by atoms with E-state index in [1.807, 2.05) is 10.6 Å². The molecule has 0 aliphatic heterocycles. The van der Waals surface area contributed by atoms with Gasteiger partial charge in [-0.05, 0) is 48.1 Å². The molecule has 0 spiro atoms. The third-order valence-electron chi connectivity index (χ3n) is 3.13. The van der Waals surface area contributed by atoms with E-state index in [1.54, 1.807) is 0 Å². The summed E-state index contributed by atoms with van der Waals surface area (Å²) in [5.74, 6) is 0.886. The molecule has 0 amide bonds. The van der Waals surface area contributed by atoms with Crippen molar-refractivity contribution in [2.45, 2.75) is 13.5 Å². The fourth-order valence-corrected chi connectivity index (χ4v) is 2.83. The monoisotopic (exact) mass is 333 g/mol. The van der Waals surface area contributed by atoms with Gasteiger partial charge in [0.1, 0.15) is 0 Å². The van der Waals surface area contributed by atoms with Gasteiger partial charge in [-0.3, -0.25) is 5.10 Å². The van der Waals surface area contributed by atoms with Crippen LogP contribution in [0.25, 0.3) is 22.2 Å². The quantitative estimate of drug-likeness (QED) is 0.698. The van der Waals surface area contributed by atoms with E-state index >= 15 is 0 Å². The molecule has 0 aliphatic carbocycles. The lowest BCUT2D eigenvalue weighted by molar-refractivity contribution is 0.756. The second-order valence-electron chi connectivity index (χ2n) is 4.30. The van der Waals surface area contributed by atoms with E-state index in [4.69, 9.17) is 12.2 Å². The highest BCUT2D eigenvalue weighted by atomic mass is 79.9. The highest BCUT2D eigenvalue weighted by Crippen LogP contribution is 2.25. The summed E-state index contributed by atoms with van der Waals surface area (Å²) in [4.78, 5) is 0. The highest BCUT2D eigenvalue weighted by molar-refractivity contribution is 9.10. The van der Waals surface area contributed by atoms with Crippen LogP contribution in [0.3, 0.4) is 0 Å². The number of benzene rings is 2. The second-order valence-corrected chi connectivity index (χ2v) is 5.61. The first kappa shape index (κ1) is 12.6. The van der Waals surface area contributed by atoms with Crippen molar-refractivity contribution in [2.24, 2.45) is 0 Å². The molecule has 96 valence electrons. The van der Waals surface area contributed by atoms with Gasteiger partial charge in [0.2, 0.25) is 0 Å². The summed E-state index contributed by atoms with van der Waals surface area (Å²) < 4.78 is 3.74. The fourth-order valence-electron chi connectivity index (χ4n) is 2.19. The average molecular weight is 334 g/mol. The van der Waals surface area contributed by atoms with Crippen molar-refractivity contribution in [1.29, 1.82) is 0 Å². The predicted molar refractivity (Wildman–Crippen MR) is 83.7 cm³/mol. The zero-order chi connectivity index (χ0) is 13.4. The van der Waals surface area contributed by atoms with Gasteiger partial charge in [0, 0.05) is 16.6 Å². The van der Waals surface area contributed by atoms with Crippen LogP contribution in [0.4, 0.5) is 0 Å². The number of nitrogens with one attached hydrogen (secondary N) is 1. The Kier molecular flexibility index (Phi) is 3.24. The van der Waals surface area contributed by atoms with Crippen LogP contribution < -0.4 is 0 Å². The van der Waals surface area contributed by atoms with Crippen molar-refractivity contribution >= 4 is 38.9 Å². The van der Waals surface area contributed by atoms with Crippen LogP contribution in [0.15, 0.2) is 40.9 Å². The maximum Gasteiger partial charge on any atom is 0.195 e. The molecule has 1 N–H and O–H groups in total. The SMILES string of the molecule is CCn1c(-c2ccc3cc(Br)ccc3c2)n[nH]c1=S. The Morgan fingerprint density at radius 2 is 1.95 bits per heavy atom. The van der Waals surface area contributed by atoms with Crippen molar-refractivity contribution in [1.82, 2.24) is 14.8 Å². The lowest BCUT2D eigenvalue weighted by Gasteiger charge is -2.05. The van der Waals surface area contributed by atoms with Gasteiger partial charge >= 0.3 is 0 Å². The van der Waals surface area contributed by atoms with Crippen molar-refractivity contribution in [3.05, 3.63) is 45.6 Å². The Bertz CT molecular complexity index is 804. The van der Waals surface area contributed by atoms with Gasteiger partial charge in [-0.15, -0.1) is 0 Å². The molecule has 0 fully saturated rings. The van der Waals surface area contributed by atoms with Gasteiger partial charge in [0.25, 0.3) is 0 Å². The number of hydrogen-bond acceptors (Lipinski definition) is 2. The number of rotatable bonds is 2. The molecule has 0 saturated heterocycles. The van der Waals surface area contributed by atoms with Crippen LogP contribution >= 0.6 is 28.1 Å². The zero-order valence-corrected chi connectivity index (χ0v) is 12.8. The largest absolute Gasteiger partial charge is 0.300 e. The van der Waals surface area contributed by atoms with E-state index in [0.717, 1.165) is 22.4 Å². The van der Waals surface area contributed by atoms with Gasteiger partial charge in [0.15, 0.2) is 10.6 Å². The number of hydrogen-bond donors (Lipinski definition) is 1. The minimum absolute atomic E-state index is 0.661. The number of aromatic amines is 1. The first-order valence-electron chi connectivity index (χ1n) is 6.04. The summed E-state index contributed by atoms with van der Waals surface area (Å²) in [5, 5.41) is 9.57. The summed E-state index contributed by atoms with van der Waals surface area (Å²) >= 11 is 8.71. The van der Waals surface area contributed by atoms with Crippen molar-refractivity contribution in [3.8, 4) is 11.4 Å². The first-order chi connectivity index (χ1) is 9.19. The van der Waals surface area contributed by atoms with Gasteiger partial charge in [0.05, 0.1) is 0 Å². The number of halogens is 1.